The van der Waals surface area contributed by atoms with Gasteiger partial charge >= 0.3 is 17.4 Å². The number of hydrogen-bond acceptors (Lipinski definition) is 8. The zero-order chi connectivity index (χ0) is 22.5. The SMILES string of the molecule is CCO[Si](C)(CCCNC[SiH2]C(=CN1CCN(C)CC1)[Si](OC)(OC)OC)OCC. The first-order chi connectivity index (χ1) is 14.4. The first-order valence-electron chi connectivity index (χ1n) is 11.2. The van der Waals surface area contributed by atoms with E-state index in [2.05, 4.69) is 34.9 Å². The molecule has 178 valence electrons. The van der Waals surface area contributed by atoms with E-state index in [1.54, 1.807) is 21.3 Å². The minimum absolute atomic E-state index is 0.621. The van der Waals surface area contributed by atoms with E-state index in [-0.39, 0.29) is 0 Å². The highest BCUT2D eigenvalue weighted by Gasteiger charge is 2.43. The summed E-state index contributed by atoms with van der Waals surface area (Å²) in [6, 6.07) is 1.01. The van der Waals surface area contributed by atoms with Crippen LogP contribution in [0.15, 0.2) is 11.0 Å². The van der Waals surface area contributed by atoms with Gasteiger partial charge in [-0.05, 0) is 63.6 Å². The summed E-state index contributed by atoms with van der Waals surface area (Å²) >= 11 is 0. The zero-order valence-electron chi connectivity index (χ0n) is 20.3. The second-order valence-electron chi connectivity index (χ2n) is 7.77. The summed E-state index contributed by atoms with van der Waals surface area (Å²) in [4.78, 5) is 6.01. The predicted octanol–water partition coefficient (Wildman–Crippen LogP) is 0.744. The fourth-order valence-electron chi connectivity index (χ4n) is 3.79. The summed E-state index contributed by atoms with van der Waals surface area (Å²) in [7, 11) is 1.86. The molecule has 0 aromatic carbocycles. The van der Waals surface area contributed by atoms with Crippen LogP contribution in [-0.4, -0.2) is 117 Å². The largest absolute Gasteiger partial charge is 0.528 e. The zero-order valence-corrected chi connectivity index (χ0v) is 23.7. The molecule has 1 fully saturated rings. The minimum Gasteiger partial charge on any atom is -0.395 e. The van der Waals surface area contributed by atoms with Crippen molar-refractivity contribution in [1.82, 2.24) is 15.1 Å². The van der Waals surface area contributed by atoms with E-state index < -0.39 is 26.9 Å². The predicted molar refractivity (Wildman–Crippen MR) is 130 cm³/mol. The van der Waals surface area contributed by atoms with Crippen LogP contribution < -0.4 is 5.32 Å². The Morgan fingerprint density at radius 2 is 1.57 bits per heavy atom. The van der Waals surface area contributed by atoms with E-state index in [1.807, 2.05) is 13.8 Å². The third kappa shape index (κ3) is 9.18. The maximum atomic E-state index is 5.93. The van der Waals surface area contributed by atoms with Crippen LogP contribution in [0.5, 0.6) is 0 Å². The Labute approximate surface area is 188 Å². The molecule has 0 aliphatic carbocycles. The lowest BCUT2D eigenvalue weighted by molar-refractivity contribution is 0.135. The van der Waals surface area contributed by atoms with Gasteiger partial charge in [0, 0.05) is 60.7 Å². The first-order valence-corrected chi connectivity index (χ1v) is 17.1. The first kappa shape index (κ1) is 27.9. The summed E-state index contributed by atoms with van der Waals surface area (Å²) in [6.45, 7) is 12.9. The van der Waals surface area contributed by atoms with Crippen molar-refractivity contribution in [2.24, 2.45) is 0 Å². The van der Waals surface area contributed by atoms with Crippen LogP contribution in [0.4, 0.5) is 0 Å². The Bertz CT molecular complexity index is 476. The van der Waals surface area contributed by atoms with Crippen molar-refractivity contribution in [3.63, 3.8) is 0 Å². The smallest absolute Gasteiger partial charge is 0.395 e. The highest BCUT2D eigenvalue weighted by Crippen LogP contribution is 2.19. The van der Waals surface area contributed by atoms with Gasteiger partial charge in [-0.2, -0.15) is 0 Å². The Kier molecular flexibility index (Phi) is 13.9. The number of likely N-dealkylation sites (N-methyl/N-ethyl adjacent to an activating group) is 1. The third-order valence-electron chi connectivity index (χ3n) is 5.53. The molecule has 0 aromatic heterocycles. The lowest BCUT2D eigenvalue weighted by Gasteiger charge is -2.34. The Morgan fingerprint density at radius 3 is 2.07 bits per heavy atom. The lowest BCUT2D eigenvalue weighted by atomic mass is 10.3. The number of hydrogen-bond donors (Lipinski definition) is 1. The van der Waals surface area contributed by atoms with E-state index in [9.17, 15) is 0 Å². The van der Waals surface area contributed by atoms with Gasteiger partial charge in [0.15, 0.2) is 0 Å². The maximum absolute atomic E-state index is 5.93. The van der Waals surface area contributed by atoms with Crippen LogP contribution >= 0.6 is 0 Å². The van der Waals surface area contributed by atoms with Gasteiger partial charge in [-0.25, -0.2) is 0 Å². The van der Waals surface area contributed by atoms with Crippen molar-refractivity contribution in [1.29, 1.82) is 0 Å². The number of piperazine rings is 1. The van der Waals surface area contributed by atoms with Crippen LogP contribution in [-0.2, 0) is 22.1 Å². The lowest BCUT2D eigenvalue weighted by Crippen LogP contribution is -2.50. The molecule has 1 heterocycles. The van der Waals surface area contributed by atoms with E-state index in [0.717, 1.165) is 64.6 Å². The molecule has 0 bridgehead atoms. The standard InChI is InChI=1S/C19H45N3O5Si3/c1-8-26-29(7,27-9-2)16-10-11-20-18-28-19(30(23-4,24-5)25-6)17-22-14-12-21(3)13-15-22/h17,20H,8-16,18,28H2,1-7H3. The summed E-state index contributed by atoms with van der Waals surface area (Å²) in [5.74, 6) is 0. The molecule has 0 unspecified atom stereocenters. The van der Waals surface area contributed by atoms with Crippen LogP contribution in [0.1, 0.15) is 20.3 Å². The quantitative estimate of drug-likeness (QED) is 0.257. The number of nitrogens with one attached hydrogen (secondary N) is 1. The highest BCUT2D eigenvalue weighted by molar-refractivity contribution is 6.83. The minimum atomic E-state index is -2.77. The molecule has 1 N–H and O–H groups in total. The van der Waals surface area contributed by atoms with Gasteiger partial charge in [0.2, 0.25) is 0 Å². The molecule has 0 aromatic rings. The van der Waals surface area contributed by atoms with Gasteiger partial charge < -0.3 is 37.2 Å². The molecule has 0 saturated carbocycles. The van der Waals surface area contributed by atoms with Crippen molar-refractivity contribution in [3.8, 4) is 0 Å². The summed E-state index contributed by atoms with van der Waals surface area (Å²) in [5, 5.41) is 3.62. The normalized spacial score (nSPS) is 17.4. The molecule has 11 heteroatoms. The molecule has 1 saturated heterocycles. The van der Waals surface area contributed by atoms with E-state index in [4.69, 9.17) is 22.1 Å². The van der Waals surface area contributed by atoms with Gasteiger partial charge in [-0.1, -0.05) is 0 Å². The third-order valence-corrected chi connectivity index (χ3v) is 14.5. The topological polar surface area (TPSA) is 64.7 Å². The van der Waals surface area contributed by atoms with Crippen molar-refractivity contribution in [2.45, 2.75) is 32.9 Å². The molecule has 30 heavy (non-hydrogen) atoms. The Morgan fingerprint density at radius 1 is 1.00 bits per heavy atom. The van der Waals surface area contributed by atoms with E-state index in [0.29, 0.717) is 0 Å². The van der Waals surface area contributed by atoms with Gasteiger partial charge in [0.05, 0.1) is 9.52 Å². The Hall–Kier alpha value is -0.0894. The number of rotatable bonds is 16. The Balaban J connectivity index is 2.60. The van der Waals surface area contributed by atoms with Crippen molar-refractivity contribution < 1.29 is 22.1 Å². The molecule has 1 aliphatic rings. The fraction of sp³-hybridized carbons (Fsp3) is 0.895. The molecule has 1 rings (SSSR count). The van der Waals surface area contributed by atoms with Crippen LogP contribution in [0.2, 0.25) is 12.6 Å². The molecular weight excluding hydrogens is 434 g/mol. The second kappa shape index (κ2) is 14.9. The highest BCUT2D eigenvalue weighted by atomic mass is 28.4. The average molecular weight is 480 g/mol. The average Bonchev–Trinajstić information content (AvgIpc) is 2.73. The molecule has 0 radical (unpaired) electrons. The summed E-state index contributed by atoms with van der Waals surface area (Å²) in [5.41, 5.74) is 0. The summed E-state index contributed by atoms with van der Waals surface area (Å²) < 4.78 is 29.3. The molecule has 8 nitrogen and oxygen atoms in total. The molecule has 0 amide bonds. The van der Waals surface area contributed by atoms with Crippen LogP contribution in [0.3, 0.4) is 0 Å². The second-order valence-corrected chi connectivity index (χ2v) is 16.6. The van der Waals surface area contributed by atoms with Crippen molar-refractivity contribution in [2.75, 3.05) is 80.5 Å². The van der Waals surface area contributed by atoms with Gasteiger partial charge in [-0.15, -0.1) is 0 Å². The van der Waals surface area contributed by atoms with E-state index >= 15 is 0 Å². The molecular formula is C19H45N3O5Si3. The van der Waals surface area contributed by atoms with Gasteiger partial charge in [0.25, 0.3) is 0 Å². The van der Waals surface area contributed by atoms with E-state index in [1.165, 1.54) is 4.82 Å². The van der Waals surface area contributed by atoms with Crippen molar-refractivity contribution in [3.05, 3.63) is 11.0 Å². The van der Waals surface area contributed by atoms with Crippen LogP contribution in [0, 0.1) is 0 Å². The maximum Gasteiger partial charge on any atom is 0.528 e. The monoisotopic (exact) mass is 479 g/mol. The summed E-state index contributed by atoms with van der Waals surface area (Å²) in [6.07, 6.45) is 4.33. The van der Waals surface area contributed by atoms with Gasteiger partial charge in [0.1, 0.15) is 0 Å². The molecule has 1 aliphatic heterocycles. The van der Waals surface area contributed by atoms with Gasteiger partial charge in [-0.3, -0.25) is 0 Å². The fourth-order valence-corrected chi connectivity index (χ4v) is 11.8. The number of nitrogens with zero attached hydrogens (tertiary/aromatic N) is 2. The molecule has 0 spiro atoms. The van der Waals surface area contributed by atoms with Crippen molar-refractivity contribution >= 4 is 26.9 Å². The molecule has 0 atom stereocenters. The van der Waals surface area contributed by atoms with Crippen LogP contribution in [0.25, 0.3) is 0 Å².